The summed E-state index contributed by atoms with van der Waals surface area (Å²) in [6.07, 6.45) is 5.31. The van der Waals surface area contributed by atoms with E-state index in [1.807, 2.05) is 36.4 Å². The van der Waals surface area contributed by atoms with Crippen molar-refractivity contribution in [1.82, 2.24) is 0 Å². The number of hydrogen-bond donors (Lipinski definition) is 0. The van der Waals surface area contributed by atoms with E-state index in [9.17, 15) is 4.79 Å². The third-order valence-electron chi connectivity index (χ3n) is 22.2. The summed E-state index contributed by atoms with van der Waals surface area (Å²) in [5.41, 5.74) is 28.6. The average molecular weight is 1510 g/mol. The number of carbonyl (C=O) groups is 1. The monoisotopic (exact) mass is 1510 g/mol. The van der Waals surface area contributed by atoms with Gasteiger partial charge in [-0.3, -0.25) is 4.79 Å². The van der Waals surface area contributed by atoms with Crippen molar-refractivity contribution < 1.29 is 9.53 Å². The van der Waals surface area contributed by atoms with Gasteiger partial charge in [-0.05, 0) is 180 Å². The van der Waals surface area contributed by atoms with Crippen LogP contribution in [0.1, 0.15) is 78.7 Å². The van der Waals surface area contributed by atoms with Gasteiger partial charge in [0.05, 0.1) is 0 Å². The molecule has 110 heavy (non-hydrogen) atoms. The number of fused-ring (bicyclic) bond motifs is 6. The van der Waals surface area contributed by atoms with Gasteiger partial charge in [0.25, 0.3) is 0 Å². The van der Waals surface area contributed by atoms with Crippen molar-refractivity contribution >= 4 is 83.2 Å². The Morgan fingerprint density at radius 1 is 0.309 bits per heavy atom. The van der Waals surface area contributed by atoms with Crippen LogP contribution >= 0.6 is 20.8 Å². The second-order valence-electron chi connectivity index (χ2n) is 29.7. The van der Waals surface area contributed by atoms with Crippen LogP contribution in [0.3, 0.4) is 0 Å². The number of aldehydes is 1. The number of benzene rings is 15. The average Bonchev–Trinajstić information content (AvgIpc) is 1.02. The van der Waals surface area contributed by atoms with Gasteiger partial charge in [-0.2, -0.15) is 0 Å². The van der Waals surface area contributed by atoms with Gasteiger partial charge in [-0.1, -0.05) is 259 Å². The van der Waals surface area contributed by atoms with E-state index in [0.717, 1.165) is 70.3 Å². The molecule has 1 heterocycles. The maximum atomic E-state index is 11.1. The zero-order valence-corrected chi connectivity index (χ0v) is 65.6. The van der Waals surface area contributed by atoms with Gasteiger partial charge in [0.2, 0.25) is 0 Å². The van der Waals surface area contributed by atoms with Crippen LogP contribution in [0.5, 0.6) is 0 Å². The Balaban J connectivity index is 0.000000133. The molecule has 15 aromatic rings. The van der Waals surface area contributed by atoms with Gasteiger partial charge in [-0.15, -0.1) is 0 Å². The molecule has 0 radical (unpaired) electrons. The molecule has 6 heteroatoms. The van der Waals surface area contributed by atoms with Gasteiger partial charge >= 0.3 is 134 Å². The van der Waals surface area contributed by atoms with Crippen LogP contribution in [0.4, 0.5) is 34.1 Å². The number of anilines is 6. The first-order chi connectivity index (χ1) is 53.7. The van der Waals surface area contributed by atoms with Gasteiger partial charge in [0.15, 0.2) is 0 Å². The third-order valence-corrected chi connectivity index (χ3v) is 30.4. The minimum atomic E-state index is -2.56. The van der Waals surface area contributed by atoms with Gasteiger partial charge in [0.1, 0.15) is 6.29 Å². The molecule has 0 atom stereocenters. The van der Waals surface area contributed by atoms with E-state index in [4.69, 9.17) is 4.74 Å². The number of hydrogen-bond acceptors (Lipinski definition) is 4. The fourth-order valence-corrected chi connectivity index (χ4v) is 21.6. The normalized spacial score (nSPS) is 13.4. The van der Waals surface area contributed by atoms with Crippen LogP contribution in [0.15, 0.2) is 389 Å². The van der Waals surface area contributed by atoms with Crippen LogP contribution in [-0.2, 0) is 15.6 Å². The van der Waals surface area contributed by atoms with Crippen LogP contribution in [-0.4, -0.2) is 26.2 Å². The van der Waals surface area contributed by atoms with Crippen molar-refractivity contribution in [3.63, 3.8) is 0 Å². The zero-order chi connectivity index (χ0) is 75.7. The first-order valence-electron chi connectivity index (χ1n) is 38.0. The molecular formula is C104H90BrN2O2P. The van der Waals surface area contributed by atoms with E-state index in [-0.39, 0.29) is 10.8 Å². The Kier molecular flexibility index (Phi) is 21.5. The summed E-state index contributed by atoms with van der Waals surface area (Å²) in [4.78, 5) is 15.8. The molecule has 0 aromatic heterocycles. The van der Waals surface area contributed by atoms with Crippen molar-refractivity contribution in [1.29, 1.82) is 0 Å². The molecule has 18 rings (SSSR count). The van der Waals surface area contributed by atoms with E-state index in [1.165, 1.54) is 107 Å². The quantitative estimate of drug-likeness (QED) is 0.0756. The Labute approximate surface area is 658 Å². The van der Waals surface area contributed by atoms with Crippen molar-refractivity contribution in [3.8, 4) is 66.8 Å². The number of carbonyl (C=O) groups excluding carboxylic acids is 1. The summed E-state index contributed by atoms with van der Waals surface area (Å²) in [5, 5.41) is 1.48. The summed E-state index contributed by atoms with van der Waals surface area (Å²) < 4.78 is 4.94. The number of rotatable bonds is 15. The molecule has 0 N–H and O–H groups in total. The standard InChI is InChI=1S/C41H33N.C40H31NO.C19H18BrP.C4H8O/c1-4-29-14-16-31(17-15-29)33-20-24-35(25-21-33)42(34-22-18-32(19-23-34)30-10-6-5-7-11-30)36-26-27-38-37-12-8-9-13-39(37)41(2,3)40(38)28-36;1-40(2)38-11-7-6-10-36(38)37-25-24-35(26-39(37)40)41(33-20-16-31(17-21-33)29-8-4-3-5-9-29)34-22-18-32(19-23-34)30-14-12-28(27-42)13-15-30;1-21(20,17-11-5-2-6-12-17,18-13-7-3-8-14-18)19-15-9-4-10-16-19;1-2-4-5-3-1/h4-28H,1H2,2-3H3;3-27H,1-2H3;2-16H,1H3;1-4H2. The second kappa shape index (κ2) is 32.2. The molecule has 1 aliphatic heterocycles. The van der Waals surface area contributed by atoms with E-state index in [2.05, 4.69) is 418 Å². The molecule has 4 nitrogen and oxygen atoms in total. The molecule has 0 amide bonds. The molecule has 2 aliphatic carbocycles. The molecule has 0 saturated carbocycles. The Bertz CT molecular complexity index is 5260. The van der Waals surface area contributed by atoms with E-state index in [0.29, 0.717) is 5.56 Å². The van der Waals surface area contributed by atoms with Crippen molar-refractivity contribution in [3.05, 3.63) is 422 Å². The van der Waals surface area contributed by atoms with Crippen LogP contribution in [0.2, 0.25) is 0 Å². The molecule has 0 unspecified atom stereocenters. The Morgan fingerprint density at radius 2 is 0.564 bits per heavy atom. The fraction of sp³-hybridized carbons (Fsp3) is 0.106. The van der Waals surface area contributed by atoms with Crippen molar-refractivity contribution in [2.75, 3.05) is 29.7 Å². The summed E-state index contributed by atoms with van der Waals surface area (Å²) in [6.45, 7) is 17.6. The van der Waals surface area contributed by atoms with Crippen LogP contribution < -0.4 is 25.7 Å². The SMILES string of the molecule is C1CCOC1.C=Cc1ccc(-c2ccc(N(c3ccc(-c4ccccc4)cc3)c3ccc4c(c3)C(C)(C)c3ccccc3-4)cc2)cc1.CC1(C)c2ccccc2-c2ccc(N(c3ccc(-c4ccccc4)cc3)c3ccc(-c4ccc(C=O)cc4)cc3)cc21.CP(Br)(c1ccccc1)(c1ccccc1)c1ccccc1. The number of nitrogens with zero attached hydrogens (tertiary/aromatic N) is 2. The van der Waals surface area contributed by atoms with Crippen LogP contribution in [0.25, 0.3) is 72.8 Å². The Hall–Kier alpha value is -11.8. The number of ether oxygens (including phenoxy) is 1. The molecule has 0 spiro atoms. The van der Waals surface area contributed by atoms with E-state index < -0.39 is 5.31 Å². The third kappa shape index (κ3) is 15.0. The molecule has 1 saturated heterocycles. The molecule has 3 aliphatic rings. The molecule has 540 valence electrons. The maximum absolute atomic E-state index is 11.1. The molecule has 15 aromatic carbocycles. The molecule has 1 fully saturated rings. The topological polar surface area (TPSA) is 32.8 Å². The first kappa shape index (κ1) is 73.7. The van der Waals surface area contributed by atoms with Gasteiger partial charge < -0.3 is 14.5 Å². The van der Waals surface area contributed by atoms with Gasteiger partial charge in [-0.25, -0.2) is 0 Å². The predicted octanol–water partition coefficient (Wildman–Crippen LogP) is 27.3. The summed E-state index contributed by atoms with van der Waals surface area (Å²) >= 11 is 4.24. The van der Waals surface area contributed by atoms with Crippen LogP contribution in [0, 0.1) is 0 Å². The zero-order valence-electron chi connectivity index (χ0n) is 63.1. The predicted molar refractivity (Wildman–Crippen MR) is 475 cm³/mol. The number of halogens is 1. The summed E-state index contributed by atoms with van der Waals surface area (Å²) in [7, 11) is 0. The summed E-state index contributed by atoms with van der Waals surface area (Å²) in [6, 6.07) is 136. The molecular weight excluding hydrogens is 1420 g/mol. The molecule has 0 bridgehead atoms. The van der Waals surface area contributed by atoms with E-state index in [1.54, 1.807) is 0 Å². The van der Waals surface area contributed by atoms with Crippen molar-refractivity contribution in [2.45, 2.75) is 51.4 Å². The van der Waals surface area contributed by atoms with E-state index >= 15 is 0 Å². The first-order valence-corrected chi connectivity index (χ1v) is 42.7. The fourth-order valence-electron chi connectivity index (χ4n) is 15.9. The minimum absolute atomic E-state index is 0.0633. The van der Waals surface area contributed by atoms with Crippen molar-refractivity contribution in [2.24, 2.45) is 0 Å². The Morgan fingerprint density at radius 3 is 0.855 bits per heavy atom. The second-order valence-corrected chi connectivity index (χ2v) is 39.4. The summed E-state index contributed by atoms with van der Waals surface area (Å²) in [5.74, 6) is 0. The van der Waals surface area contributed by atoms with Gasteiger partial charge in [0, 0.05) is 63.7 Å².